The number of pyridine rings is 1. The minimum absolute atomic E-state index is 0.00456. The molecule has 1 aliphatic heterocycles. The average molecular weight is 375 g/mol. The number of rotatable bonds is 4. The molecule has 0 radical (unpaired) electrons. The van der Waals surface area contributed by atoms with E-state index in [4.69, 9.17) is 9.72 Å². The van der Waals surface area contributed by atoms with E-state index in [9.17, 15) is 4.79 Å². The van der Waals surface area contributed by atoms with Gasteiger partial charge in [-0.3, -0.25) is 10.00 Å². The van der Waals surface area contributed by atoms with Crippen molar-refractivity contribution in [1.29, 1.82) is 0 Å². The number of fused-ring (bicyclic) bond motifs is 3. The Morgan fingerprint density at radius 1 is 1.14 bits per heavy atom. The maximum Gasteiger partial charge on any atom is 0.326 e. The summed E-state index contributed by atoms with van der Waals surface area (Å²) in [5.41, 5.74) is 5.47. The molecule has 0 saturated carbocycles. The zero-order valence-electron chi connectivity index (χ0n) is 15.7. The fraction of sp³-hybridized carbons (Fsp3) is 0.286. The fourth-order valence-corrected chi connectivity index (χ4v) is 3.99. The van der Waals surface area contributed by atoms with Crippen molar-refractivity contribution in [3.63, 3.8) is 0 Å². The Morgan fingerprint density at radius 3 is 2.96 bits per heavy atom. The molecule has 2 aromatic heterocycles. The number of benzene rings is 1. The van der Waals surface area contributed by atoms with E-state index in [2.05, 4.69) is 16.3 Å². The molecule has 2 amide bonds. The van der Waals surface area contributed by atoms with Crippen molar-refractivity contribution in [3.8, 4) is 16.9 Å². The molecule has 3 aromatic rings. The summed E-state index contributed by atoms with van der Waals surface area (Å²) in [6.07, 6.45) is 3.61. The number of aromatic amines is 1. The van der Waals surface area contributed by atoms with Crippen LogP contribution in [0.15, 0.2) is 42.6 Å². The number of hydrogen-bond acceptors (Lipinski definition) is 4. The molecule has 1 saturated heterocycles. The van der Waals surface area contributed by atoms with Gasteiger partial charge in [0.15, 0.2) is 0 Å². The lowest BCUT2D eigenvalue weighted by Gasteiger charge is -2.21. The van der Waals surface area contributed by atoms with Crippen LogP contribution < -0.4 is 9.64 Å². The number of nitrogens with one attached hydrogen (secondary N) is 1. The predicted molar refractivity (Wildman–Crippen MR) is 105 cm³/mol. The Kier molecular flexibility index (Phi) is 4.00. The summed E-state index contributed by atoms with van der Waals surface area (Å²) in [6, 6.07) is 11.8. The van der Waals surface area contributed by atoms with Crippen molar-refractivity contribution >= 4 is 11.8 Å². The Hall–Kier alpha value is -3.35. The normalized spacial score (nSPS) is 15.5. The second-order valence-corrected chi connectivity index (χ2v) is 7.13. The third-order valence-electron chi connectivity index (χ3n) is 5.46. The molecular weight excluding hydrogens is 354 g/mol. The molecule has 1 N–H and O–H groups in total. The third-order valence-corrected chi connectivity index (χ3v) is 5.46. The van der Waals surface area contributed by atoms with Crippen molar-refractivity contribution in [2.45, 2.75) is 19.4 Å². The molecule has 7 nitrogen and oxygen atoms in total. The number of urea groups is 1. The molecule has 2 aliphatic rings. The molecule has 0 unspecified atom stereocenters. The SMILES string of the molecule is COc1cccc(CN2CCN(c3ccc4c(n3)CCc3[nH]ncc3-4)C2=O)c1. The van der Waals surface area contributed by atoms with Crippen LogP contribution in [0.2, 0.25) is 0 Å². The van der Waals surface area contributed by atoms with Crippen LogP contribution in [-0.4, -0.2) is 46.3 Å². The van der Waals surface area contributed by atoms with E-state index in [1.165, 1.54) is 0 Å². The number of amides is 2. The Bertz CT molecular complexity index is 1040. The Morgan fingerprint density at radius 2 is 2.07 bits per heavy atom. The van der Waals surface area contributed by atoms with E-state index in [1.54, 1.807) is 12.0 Å². The number of carbonyl (C=O) groups excluding carboxylic acids is 1. The van der Waals surface area contributed by atoms with Gasteiger partial charge in [-0.15, -0.1) is 0 Å². The number of methoxy groups -OCH3 is 1. The second kappa shape index (κ2) is 6.67. The van der Waals surface area contributed by atoms with Crippen molar-refractivity contribution < 1.29 is 9.53 Å². The number of H-pyrrole nitrogens is 1. The highest BCUT2D eigenvalue weighted by Gasteiger charge is 2.31. The topological polar surface area (TPSA) is 74.3 Å². The fourth-order valence-electron chi connectivity index (χ4n) is 3.99. The summed E-state index contributed by atoms with van der Waals surface area (Å²) in [4.78, 5) is 21.4. The average Bonchev–Trinajstić information content (AvgIpc) is 3.35. The summed E-state index contributed by atoms with van der Waals surface area (Å²) >= 11 is 0. The molecular formula is C21H21N5O2. The van der Waals surface area contributed by atoms with Crippen LogP contribution in [0, 0.1) is 0 Å². The number of aryl methyl sites for hydroxylation is 2. The largest absolute Gasteiger partial charge is 0.497 e. The highest BCUT2D eigenvalue weighted by molar-refractivity contribution is 5.93. The molecule has 0 bridgehead atoms. The third kappa shape index (κ3) is 2.79. The second-order valence-electron chi connectivity index (χ2n) is 7.13. The molecule has 5 rings (SSSR count). The van der Waals surface area contributed by atoms with Crippen LogP contribution in [-0.2, 0) is 19.4 Å². The maximum atomic E-state index is 13.0. The maximum absolute atomic E-state index is 13.0. The summed E-state index contributed by atoms with van der Waals surface area (Å²) in [7, 11) is 1.65. The standard InChI is InChI=1S/C21H21N5O2/c1-28-15-4-2-3-14(11-15)13-25-9-10-26(21(25)27)20-8-5-16-17-12-22-24-19(17)7-6-18(16)23-20/h2-5,8,11-12H,6-7,9-10,13H2,1H3,(H,22,24). The summed E-state index contributed by atoms with van der Waals surface area (Å²) in [6.45, 7) is 1.89. The minimum Gasteiger partial charge on any atom is -0.497 e. The van der Waals surface area contributed by atoms with Gasteiger partial charge in [-0.2, -0.15) is 5.10 Å². The van der Waals surface area contributed by atoms with Gasteiger partial charge in [0.25, 0.3) is 0 Å². The molecule has 28 heavy (non-hydrogen) atoms. The van der Waals surface area contributed by atoms with E-state index in [-0.39, 0.29) is 6.03 Å². The van der Waals surface area contributed by atoms with Crippen molar-refractivity contribution in [3.05, 3.63) is 59.5 Å². The predicted octanol–water partition coefficient (Wildman–Crippen LogP) is 3.02. The molecule has 7 heteroatoms. The van der Waals surface area contributed by atoms with E-state index in [0.29, 0.717) is 19.6 Å². The number of nitrogens with zero attached hydrogens (tertiary/aromatic N) is 4. The van der Waals surface area contributed by atoms with Crippen LogP contribution >= 0.6 is 0 Å². The van der Waals surface area contributed by atoms with Crippen LogP contribution in [0.25, 0.3) is 11.1 Å². The summed E-state index contributed by atoms with van der Waals surface area (Å²) in [5.74, 6) is 1.53. The molecule has 1 fully saturated rings. The highest BCUT2D eigenvalue weighted by atomic mass is 16.5. The first-order valence-corrected chi connectivity index (χ1v) is 9.45. The first kappa shape index (κ1) is 16.8. The Balaban J connectivity index is 1.36. The van der Waals surface area contributed by atoms with Gasteiger partial charge in [-0.1, -0.05) is 12.1 Å². The minimum atomic E-state index is -0.00456. The van der Waals surface area contributed by atoms with Gasteiger partial charge in [0.1, 0.15) is 11.6 Å². The highest BCUT2D eigenvalue weighted by Crippen LogP contribution is 2.33. The molecule has 0 spiro atoms. The van der Waals surface area contributed by atoms with Crippen molar-refractivity contribution in [2.24, 2.45) is 0 Å². The number of aromatic nitrogens is 3. The molecule has 3 heterocycles. The van der Waals surface area contributed by atoms with Gasteiger partial charge >= 0.3 is 6.03 Å². The van der Waals surface area contributed by atoms with Crippen LogP contribution in [0.1, 0.15) is 17.0 Å². The zero-order valence-corrected chi connectivity index (χ0v) is 15.7. The van der Waals surface area contributed by atoms with E-state index in [0.717, 1.165) is 52.5 Å². The number of carbonyl (C=O) groups is 1. The van der Waals surface area contributed by atoms with Gasteiger partial charge in [-0.25, -0.2) is 9.78 Å². The first-order chi connectivity index (χ1) is 13.7. The number of anilines is 1. The van der Waals surface area contributed by atoms with Gasteiger partial charge in [-0.05, 0) is 42.7 Å². The molecule has 1 aliphatic carbocycles. The van der Waals surface area contributed by atoms with Crippen LogP contribution in [0.3, 0.4) is 0 Å². The number of hydrogen-bond donors (Lipinski definition) is 1. The Labute approximate surface area is 163 Å². The van der Waals surface area contributed by atoms with Gasteiger partial charge < -0.3 is 9.64 Å². The molecule has 1 aromatic carbocycles. The van der Waals surface area contributed by atoms with Crippen LogP contribution in [0.5, 0.6) is 5.75 Å². The van der Waals surface area contributed by atoms with Gasteiger partial charge in [0, 0.05) is 36.5 Å². The summed E-state index contributed by atoms with van der Waals surface area (Å²) < 4.78 is 5.28. The van der Waals surface area contributed by atoms with Crippen LogP contribution in [0.4, 0.5) is 10.6 Å². The van der Waals surface area contributed by atoms with Gasteiger partial charge in [0.05, 0.1) is 19.0 Å². The van der Waals surface area contributed by atoms with E-state index >= 15 is 0 Å². The molecule has 0 atom stereocenters. The lowest BCUT2D eigenvalue weighted by molar-refractivity contribution is 0.218. The monoisotopic (exact) mass is 375 g/mol. The number of ether oxygens (including phenoxy) is 1. The lowest BCUT2D eigenvalue weighted by Crippen LogP contribution is -2.32. The zero-order chi connectivity index (χ0) is 19.1. The van der Waals surface area contributed by atoms with Gasteiger partial charge in [0.2, 0.25) is 0 Å². The van der Waals surface area contributed by atoms with E-state index < -0.39 is 0 Å². The smallest absolute Gasteiger partial charge is 0.326 e. The lowest BCUT2D eigenvalue weighted by atomic mass is 9.94. The summed E-state index contributed by atoms with van der Waals surface area (Å²) in [5, 5.41) is 7.20. The molecule has 142 valence electrons. The van der Waals surface area contributed by atoms with Crippen molar-refractivity contribution in [1.82, 2.24) is 20.1 Å². The van der Waals surface area contributed by atoms with E-state index in [1.807, 2.05) is 41.4 Å². The van der Waals surface area contributed by atoms with Crippen molar-refractivity contribution in [2.75, 3.05) is 25.1 Å². The first-order valence-electron chi connectivity index (χ1n) is 9.45. The quantitative estimate of drug-likeness (QED) is 0.761.